The van der Waals surface area contributed by atoms with Crippen LogP contribution in [0, 0.1) is 0 Å². The highest BCUT2D eigenvalue weighted by Gasteiger charge is 2.21. The normalized spacial score (nSPS) is 16.3. The van der Waals surface area contributed by atoms with Crippen LogP contribution in [0.3, 0.4) is 0 Å². The summed E-state index contributed by atoms with van der Waals surface area (Å²) in [5.74, 6) is 0.395. The molecule has 1 atom stereocenters. The van der Waals surface area contributed by atoms with Crippen LogP contribution < -0.4 is 0 Å². The molecular formula is C21H28O3S2. The summed E-state index contributed by atoms with van der Waals surface area (Å²) < 4.78 is 27.1. The average molecular weight is 393 g/mol. The summed E-state index contributed by atoms with van der Waals surface area (Å²) in [4.78, 5) is 2.50. The molecule has 0 amide bonds. The molecule has 26 heavy (non-hydrogen) atoms. The molecule has 2 aromatic rings. The number of fused-ring (bicyclic) bond motifs is 1. The molecule has 1 unspecified atom stereocenters. The van der Waals surface area contributed by atoms with E-state index in [-0.39, 0.29) is 6.61 Å². The van der Waals surface area contributed by atoms with Crippen LogP contribution in [0.5, 0.6) is 0 Å². The summed E-state index contributed by atoms with van der Waals surface area (Å²) in [7, 11) is -3.35. The predicted octanol–water partition coefficient (Wildman–Crippen LogP) is 5.65. The quantitative estimate of drug-likeness (QED) is 0.596. The maximum Gasteiger partial charge on any atom is 0.264 e. The lowest BCUT2D eigenvalue weighted by atomic mass is 9.81. The first-order valence-electron chi connectivity index (χ1n) is 9.21. The Balaban J connectivity index is 0.00000117. The van der Waals surface area contributed by atoms with E-state index in [0.717, 1.165) is 31.9 Å². The van der Waals surface area contributed by atoms with Crippen molar-refractivity contribution in [1.29, 1.82) is 0 Å². The zero-order valence-corrected chi connectivity index (χ0v) is 17.4. The van der Waals surface area contributed by atoms with Crippen molar-refractivity contribution in [2.24, 2.45) is 0 Å². The number of benzene rings is 2. The van der Waals surface area contributed by atoms with Crippen LogP contribution >= 0.6 is 11.8 Å². The molecule has 5 heteroatoms. The van der Waals surface area contributed by atoms with Crippen molar-refractivity contribution in [3.8, 4) is 0 Å². The van der Waals surface area contributed by atoms with Gasteiger partial charge in [0.25, 0.3) is 10.1 Å². The van der Waals surface area contributed by atoms with Gasteiger partial charge in [0.15, 0.2) is 0 Å². The van der Waals surface area contributed by atoms with Crippen molar-refractivity contribution in [2.75, 3.05) is 12.9 Å². The fraction of sp³-hybridized carbons (Fsp3) is 0.429. The van der Waals surface area contributed by atoms with Gasteiger partial charge < -0.3 is 0 Å². The molecule has 2 aromatic carbocycles. The van der Waals surface area contributed by atoms with Crippen LogP contribution in [0.2, 0.25) is 0 Å². The van der Waals surface area contributed by atoms with Gasteiger partial charge in [-0.3, -0.25) is 4.18 Å². The fourth-order valence-electron chi connectivity index (χ4n) is 3.22. The maximum atomic E-state index is 11.1. The van der Waals surface area contributed by atoms with E-state index in [1.807, 2.05) is 19.9 Å². The van der Waals surface area contributed by atoms with E-state index in [2.05, 4.69) is 42.5 Å². The first kappa shape index (κ1) is 21.0. The van der Waals surface area contributed by atoms with Gasteiger partial charge in [-0.25, -0.2) is 0 Å². The molecule has 142 valence electrons. The second-order valence-corrected chi connectivity index (χ2v) is 8.97. The van der Waals surface area contributed by atoms with E-state index in [1.54, 1.807) is 11.8 Å². The topological polar surface area (TPSA) is 43.4 Å². The van der Waals surface area contributed by atoms with Crippen LogP contribution in [0.15, 0.2) is 58.3 Å². The van der Waals surface area contributed by atoms with Gasteiger partial charge in [-0.15, -0.1) is 0 Å². The van der Waals surface area contributed by atoms with Gasteiger partial charge in [-0.2, -0.15) is 8.42 Å². The average Bonchev–Trinajstić information content (AvgIpc) is 2.63. The Morgan fingerprint density at radius 3 is 2.50 bits per heavy atom. The molecule has 0 aromatic heterocycles. The zero-order chi connectivity index (χ0) is 19.0. The number of hydrogen-bond donors (Lipinski definition) is 0. The predicted molar refractivity (Wildman–Crippen MR) is 109 cm³/mol. The molecule has 1 aliphatic carbocycles. The highest BCUT2D eigenvalue weighted by Crippen LogP contribution is 2.37. The van der Waals surface area contributed by atoms with Crippen LogP contribution in [-0.4, -0.2) is 21.3 Å². The lowest BCUT2D eigenvalue weighted by molar-refractivity contribution is 0.296. The first-order chi connectivity index (χ1) is 12.5. The molecule has 3 nitrogen and oxygen atoms in total. The van der Waals surface area contributed by atoms with Crippen molar-refractivity contribution < 1.29 is 12.6 Å². The van der Waals surface area contributed by atoms with E-state index >= 15 is 0 Å². The van der Waals surface area contributed by atoms with Crippen LogP contribution in [0.25, 0.3) is 0 Å². The Kier molecular flexibility index (Phi) is 8.19. The Morgan fingerprint density at radius 1 is 1.08 bits per heavy atom. The standard InChI is InChI=1S/C19H22O3S2.C2H6/c1-24(20,21)22-13-12-15-6-5-7-16-14-18(10-11-19(15)16)23-17-8-3-2-4-9-17;1-2/h2-4,8-11,14-15H,5-7,12-13H2,1H3;1-2H3. The molecule has 3 rings (SSSR count). The Labute approximate surface area is 162 Å². The fourth-order valence-corrected chi connectivity index (χ4v) is 4.52. The summed E-state index contributed by atoms with van der Waals surface area (Å²) in [6.45, 7) is 4.27. The molecule has 1 aliphatic rings. The second kappa shape index (κ2) is 10.1. The SMILES string of the molecule is CC.CS(=O)(=O)OCCC1CCCc2cc(Sc3ccccc3)ccc21. The summed E-state index contributed by atoms with van der Waals surface area (Å²) in [6, 6.07) is 17.1. The first-order valence-corrected chi connectivity index (χ1v) is 11.8. The lowest BCUT2D eigenvalue weighted by Crippen LogP contribution is -2.13. The van der Waals surface area contributed by atoms with E-state index in [4.69, 9.17) is 4.18 Å². The highest BCUT2D eigenvalue weighted by molar-refractivity contribution is 7.99. The van der Waals surface area contributed by atoms with Gasteiger partial charge >= 0.3 is 0 Å². The summed E-state index contributed by atoms with van der Waals surface area (Å²) in [6.07, 6.45) is 5.21. The van der Waals surface area contributed by atoms with Crippen LogP contribution in [0.4, 0.5) is 0 Å². The molecule has 0 radical (unpaired) electrons. The smallest absolute Gasteiger partial charge is 0.264 e. The minimum absolute atomic E-state index is 0.267. The Morgan fingerprint density at radius 2 is 1.81 bits per heavy atom. The maximum absolute atomic E-state index is 11.1. The number of aryl methyl sites for hydroxylation is 1. The molecular weight excluding hydrogens is 364 g/mol. The van der Waals surface area contributed by atoms with Gasteiger partial charge in [0.1, 0.15) is 0 Å². The molecule has 0 heterocycles. The molecule has 0 saturated carbocycles. The molecule has 0 fully saturated rings. The number of rotatable bonds is 6. The van der Waals surface area contributed by atoms with E-state index in [1.165, 1.54) is 20.9 Å². The zero-order valence-electron chi connectivity index (χ0n) is 15.8. The minimum Gasteiger partial charge on any atom is -0.270 e. The van der Waals surface area contributed by atoms with Crippen LogP contribution in [0.1, 0.15) is 50.2 Å². The van der Waals surface area contributed by atoms with Crippen molar-refractivity contribution in [3.05, 3.63) is 59.7 Å². The third-order valence-electron chi connectivity index (χ3n) is 4.30. The Bertz CT molecular complexity index is 786. The van der Waals surface area contributed by atoms with Crippen LogP contribution in [-0.2, 0) is 20.7 Å². The molecule has 0 N–H and O–H groups in total. The van der Waals surface area contributed by atoms with Gasteiger partial charge in [-0.1, -0.05) is 49.9 Å². The minimum atomic E-state index is -3.35. The van der Waals surface area contributed by atoms with E-state index in [0.29, 0.717) is 5.92 Å². The largest absolute Gasteiger partial charge is 0.270 e. The van der Waals surface area contributed by atoms with Gasteiger partial charge in [0.2, 0.25) is 0 Å². The second-order valence-electron chi connectivity index (χ2n) is 6.18. The third-order valence-corrected chi connectivity index (χ3v) is 5.89. The Hall–Kier alpha value is -1.30. The van der Waals surface area contributed by atoms with Crippen molar-refractivity contribution in [1.82, 2.24) is 0 Å². The highest BCUT2D eigenvalue weighted by atomic mass is 32.2. The van der Waals surface area contributed by atoms with Crippen molar-refractivity contribution >= 4 is 21.9 Å². The van der Waals surface area contributed by atoms with Gasteiger partial charge in [-0.05, 0) is 67.0 Å². The van der Waals surface area contributed by atoms with Crippen molar-refractivity contribution in [2.45, 2.75) is 55.2 Å². The van der Waals surface area contributed by atoms with Gasteiger partial charge in [0.05, 0.1) is 12.9 Å². The number of hydrogen-bond acceptors (Lipinski definition) is 4. The molecule has 0 spiro atoms. The van der Waals surface area contributed by atoms with Crippen molar-refractivity contribution in [3.63, 3.8) is 0 Å². The summed E-state index contributed by atoms with van der Waals surface area (Å²) in [5.41, 5.74) is 2.75. The van der Waals surface area contributed by atoms with E-state index < -0.39 is 10.1 Å². The summed E-state index contributed by atoms with van der Waals surface area (Å²) in [5, 5.41) is 0. The third kappa shape index (κ3) is 6.45. The van der Waals surface area contributed by atoms with Gasteiger partial charge in [0, 0.05) is 9.79 Å². The molecule has 0 aliphatic heterocycles. The monoisotopic (exact) mass is 392 g/mol. The molecule has 0 bridgehead atoms. The van der Waals surface area contributed by atoms with E-state index in [9.17, 15) is 8.42 Å². The summed E-state index contributed by atoms with van der Waals surface area (Å²) >= 11 is 1.78. The molecule has 0 saturated heterocycles. The lowest BCUT2D eigenvalue weighted by Gasteiger charge is -2.26.